The molecule has 1 aromatic carbocycles. The normalized spacial score (nSPS) is 10.1. The van der Waals surface area contributed by atoms with Crippen molar-refractivity contribution in [2.75, 3.05) is 0 Å². The van der Waals surface area contributed by atoms with Gasteiger partial charge in [-0.15, -0.1) is 0 Å². The van der Waals surface area contributed by atoms with Gasteiger partial charge in [-0.3, -0.25) is 0 Å². The van der Waals surface area contributed by atoms with Crippen LogP contribution in [0.5, 0.6) is 0 Å². The smallest absolute Gasteiger partial charge is 0.126 e. The third kappa shape index (κ3) is 1.79. The van der Waals surface area contributed by atoms with Gasteiger partial charge in [0.05, 0.1) is 0 Å². The zero-order valence-corrected chi connectivity index (χ0v) is 7.02. The van der Waals surface area contributed by atoms with Crippen molar-refractivity contribution in [1.29, 1.82) is 0 Å². The molecule has 0 bridgehead atoms. The van der Waals surface area contributed by atoms with E-state index in [-0.39, 0.29) is 5.82 Å². The summed E-state index contributed by atoms with van der Waals surface area (Å²) in [4.78, 5) is 0. The molecule has 1 aromatic rings. The second kappa shape index (κ2) is 3.51. The monoisotopic (exact) mass is 152 g/mol. The van der Waals surface area contributed by atoms with E-state index in [9.17, 15) is 4.39 Å². The molecule has 0 N–H and O–H groups in total. The Morgan fingerprint density at radius 3 is 2.73 bits per heavy atom. The van der Waals surface area contributed by atoms with E-state index in [1.54, 1.807) is 6.07 Å². The summed E-state index contributed by atoms with van der Waals surface area (Å²) in [6.45, 7) is 3.94. The van der Waals surface area contributed by atoms with Crippen LogP contribution >= 0.6 is 0 Å². The Hall–Kier alpha value is -0.850. The van der Waals surface area contributed by atoms with Gasteiger partial charge in [-0.05, 0) is 30.5 Å². The van der Waals surface area contributed by atoms with Gasteiger partial charge in [0.25, 0.3) is 0 Å². The van der Waals surface area contributed by atoms with Gasteiger partial charge in [0.1, 0.15) is 5.82 Å². The number of aryl methyl sites for hydroxylation is 1. The number of halogens is 1. The Balaban J connectivity index is 2.96. The highest BCUT2D eigenvalue weighted by Gasteiger charge is 2.00. The minimum atomic E-state index is -0.0871. The van der Waals surface area contributed by atoms with Gasteiger partial charge in [0.2, 0.25) is 0 Å². The van der Waals surface area contributed by atoms with E-state index in [1.807, 2.05) is 13.0 Å². The molecule has 0 heterocycles. The fraction of sp³-hybridized carbons (Fsp3) is 0.400. The van der Waals surface area contributed by atoms with Crippen LogP contribution < -0.4 is 0 Å². The first kappa shape index (κ1) is 8.25. The largest absolute Gasteiger partial charge is 0.207 e. The molecule has 0 saturated heterocycles. The lowest BCUT2D eigenvalue weighted by Crippen LogP contribution is -1.91. The minimum absolute atomic E-state index is 0.0871. The minimum Gasteiger partial charge on any atom is -0.207 e. The lowest BCUT2D eigenvalue weighted by molar-refractivity contribution is 0.614. The van der Waals surface area contributed by atoms with Gasteiger partial charge in [0, 0.05) is 0 Å². The standard InChI is InChI=1S/C10H13F/c1-3-5-9-6-4-7-10(11)8(9)2/h4,6-7H,3,5H2,1-2H3. The summed E-state index contributed by atoms with van der Waals surface area (Å²) in [6.07, 6.45) is 2.05. The Bertz CT molecular complexity index is 241. The molecule has 0 amide bonds. The fourth-order valence-electron chi connectivity index (χ4n) is 1.19. The van der Waals surface area contributed by atoms with Crippen molar-refractivity contribution in [3.8, 4) is 0 Å². The van der Waals surface area contributed by atoms with Crippen molar-refractivity contribution in [2.24, 2.45) is 0 Å². The number of rotatable bonds is 2. The van der Waals surface area contributed by atoms with Crippen LogP contribution in [-0.2, 0) is 6.42 Å². The van der Waals surface area contributed by atoms with Crippen LogP contribution in [0.1, 0.15) is 24.5 Å². The molecule has 0 saturated carbocycles. The summed E-state index contributed by atoms with van der Waals surface area (Å²) in [7, 11) is 0. The number of hydrogen-bond acceptors (Lipinski definition) is 0. The van der Waals surface area contributed by atoms with Gasteiger partial charge >= 0.3 is 0 Å². The SMILES string of the molecule is CCCc1cccc(F)c1C. The van der Waals surface area contributed by atoms with E-state index in [4.69, 9.17) is 0 Å². The van der Waals surface area contributed by atoms with E-state index in [1.165, 1.54) is 6.07 Å². The first-order chi connectivity index (χ1) is 5.25. The summed E-state index contributed by atoms with van der Waals surface area (Å²) in [5.74, 6) is -0.0871. The quantitative estimate of drug-likeness (QED) is 0.611. The first-order valence-electron chi connectivity index (χ1n) is 3.99. The summed E-state index contributed by atoms with van der Waals surface area (Å²) in [5.41, 5.74) is 1.93. The van der Waals surface area contributed by atoms with Crippen molar-refractivity contribution < 1.29 is 4.39 Å². The molecule has 0 aliphatic heterocycles. The van der Waals surface area contributed by atoms with Gasteiger partial charge in [-0.2, -0.15) is 0 Å². The molecule has 11 heavy (non-hydrogen) atoms. The van der Waals surface area contributed by atoms with Crippen molar-refractivity contribution >= 4 is 0 Å². The average Bonchev–Trinajstić information content (AvgIpc) is 1.99. The van der Waals surface area contributed by atoms with E-state index < -0.39 is 0 Å². The summed E-state index contributed by atoms with van der Waals surface area (Å²) in [5, 5.41) is 0. The summed E-state index contributed by atoms with van der Waals surface area (Å²) >= 11 is 0. The topological polar surface area (TPSA) is 0 Å². The van der Waals surface area contributed by atoms with Crippen LogP contribution in [0.3, 0.4) is 0 Å². The zero-order valence-electron chi connectivity index (χ0n) is 7.02. The van der Waals surface area contributed by atoms with Crippen LogP contribution in [0, 0.1) is 12.7 Å². The Morgan fingerprint density at radius 2 is 2.09 bits per heavy atom. The molecule has 0 spiro atoms. The predicted molar refractivity (Wildman–Crippen MR) is 45.1 cm³/mol. The van der Waals surface area contributed by atoms with Crippen molar-refractivity contribution in [2.45, 2.75) is 26.7 Å². The average molecular weight is 152 g/mol. The molecule has 0 aromatic heterocycles. The second-order valence-corrected chi connectivity index (χ2v) is 2.77. The zero-order chi connectivity index (χ0) is 8.27. The fourth-order valence-corrected chi connectivity index (χ4v) is 1.19. The van der Waals surface area contributed by atoms with E-state index in [2.05, 4.69) is 6.92 Å². The molecule has 0 atom stereocenters. The molecule has 0 aliphatic rings. The van der Waals surface area contributed by atoms with Crippen molar-refractivity contribution in [1.82, 2.24) is 0 Å². The lowest BCUT2D eigenvalue weighted by atomic mass is 10.0. The third-order valence-electron chi connectivity index (χ3n) is 1.90. The van der Waals surface area contributed by atoms with Crippen LogP contribution in [0.15, 0.2) is 18.2 Å². The molecule has 0 fully saturated rings. The lowest BCUT2D eigenvalue weighted by Gasteiger charge is -2.03. The maximum absolute atomic E-state index is 12.9. The van der Waals surface area contributed by atoms with Gasteiger partial charge in [-0.1, -0.05) is 25.5 Å². The molecule has 1 rings (SSSR count). The first-order valence-corrected chi connectivity index (χ1v) is 3.99. The number of hydrogen-bond donors (Lipinski definition) is 0. The second-order valence-electron chi connectivity index (χ2n) is 2.77. The van der Waals surface area contributed by atoms with Crippen LogP contribution in [0.4, 0.5) is 4.39 Å². The Morgan fingerprint density at radius 1 is 1.36 bits per heavy atom. The Kier molecular flexibility index (Phi) is 2.64. The van der Waals surface area contributed by atoms with E-state index in [0.717, 1.165) is 24.0 Å². The van der Waals surface area contributed by atoms with Gasteiger partial charge in [-0.25, -0.2) is 4.39 Å². The predicted octanol–water partition coefficient (Wildman–Crippen LogP) is 3.09. The van der Waals surface area contributed by atoms with E-state index in [0.29, 0.717) is 0 Å². The van der Waals surface area contributed by atoms with Crippen LogP contribution in [-0.4, -0.2) is 0 Å². The van der Waals surface area contributed by atoms with Gasteiger partial charge < -0.3 is 0 Å². The number of benzene rings is 1. The highest BCUT2D eigenvalue weighted by molar-refractivity contribution is 5.27. The molecular weight excluding hydrogens is 139 g/mol. The maximum atomic E-state index is 12.9. The molecule has 0 unspecified atom stereocenters. The summed E-state index contributed by atoms with van der Waals surface area (Å²) in [6, 6.07) is 5.27. The van der Waals surface area contributed by atoms with Crippen molar-refractivity contribution in [3.05, 3.63) is 35.1 Å². The Labute approximate surface area is 67.1 Å². The summed E-state index contributed by atoms with van der Waals surface area (Å²) < 4.78 is 12.9. The highest BCUT2D eigenvalue weighted by Crippen LogP contribution is 2.13. The third-order valence-corrected chi connectivity index (χ3v) is 1.90. The molecule has 60 valence electrons. The molecule has 0 nitrogen and oxygen atoms in total. The highest BCUT2D eigenvalue weighted by atomic mass is 19.1. The molecule has 1 heteroatoms. The maximum Gasteiger partial charge on any atom is 0.126 e. The van der Waals surface area contributed by atoms with Crippen LogP contribution in [0.25, 0.3) is 0 Å². The molecular formula is C10H13F. The van der Waals surface area contributed by atoms with Crippen molar-refractivity contribution in [3.63, 3.8) is 0 Å². The molecule has 0 radical (unpaired) electrons. The van der Waals surface area contributed by atoms with Gasteiger partial charge in [0.15, 0.2) is 0 Å². The van der Waals surface area contributed by atoms with E-state index >= 15 is 0 Å². The van der Waals surface area contributed by atoms with Crippen LogP contribution in [0.2, 0.25) is 0 Å². The molecule has 0 aliphatic carbocycles.